The summed E-state index contributed by atoms with van der Waals surface area (Å²) in [5, 5.41) is 7.17. The van der Waals surface area contributed by atoms with Crippen LogP contribution in [0.25, 0.3) is 10.2 Å². The maximum atomic E-state index is 13.0. The Bertz CT molecular complexity index is 1290. The van der Waals surface area contributed by atoms with Crippen LogP contribution < -0.4 is 10.9 Å². The predicted octanol–water partition coefficient (Wildman–Crippen LogP) is 4.28. The van der Waals surface area contributed by atoms with Crippen molar-refractivity contribution in [3.05, 3.63) is 74.0 Å². The largest absolute Gasteiger partial charge is 0.465 e. The lowest BCUT2D eigenvalue weighted by molar-refractivity contribution is -0.113. The van der Waals surface area contributed by atoms with Gasteiger partial charge >= 0.3 is 5.97 Å². The maximum Gasteiger partial charge on any atom is 0.337 e. The van der Waals surface area contributed by atoms with E-state index in [9.17, 15) is 14.4 Å². The minimum Gasteiger partial charge on any atom is -0.465 e. The minimum atomic E-state index is -0.436. The van der Waals surface area contributed by atoms with Crippen LogP contribution in [0.2, 0.25) is 0 Å². The summed E-state index contributed by atoms with van der Waals surface area (Å²) in [7, 11) is 1.32. The molecule has 7 nitrogen and oxygen atoms in total. The number of anilines is 1. The van der Waals surface area contributed by atoms with Crippen molar-refractivity contribution in [2.75, 3.05) is 18.2 Å². The molecule has 0 fully saturated rings. The standard InChI is InChI=1S/C22H19N3O4S3/c1-29-21(28)14-4-6-15(7-5-14)23-18(26)13-32-22-24-17-9-12-31-19(17)20(27)25(22)10-8-16-3-2-11-30-16/h2-7,9,11-12H,8,10,13H2,1H3,(H,23,26). The number of amides is 1. The number of carbonyl (C=O) groups is 2. The van der Waals surface area contributed by atoms with Crippen molar-refractivity contribution in [3.8, 4) is 0 Å². The Kier molecular flexibility index (Phi) is 7.03. The third-order valence-corrected chi connectivity index (χ3v) is 7.42. The number of ether oxygens (including phenoxy) is 1. The molecule has 0 aliphatic rings. The monoisotopic (exact) mass is 485 g/mol. The summed E-state index contributed by atoms with van der Waals surface area (Å²) >= 11 is 4.26. The van der Waals surface area contributed by atoms with Gasteiger partial charge in [0.2, 0.25) is 5.91 Å². The molecule has 1 N–H and O–H groups in total. The van der Waals surface area contributed by atoms with E-state index in [1.165, 1.54) is 35.1 Å². The van der Waals surface area contributed by atoms with E-state index in [0.29, 0.717) is 33.2 Å². The molecule has 3 aromatic heterocycles. The highest BCUT2D eigenvalue weighted by molar-refractivity contribution is 7.99. The highest BCUT2D eigenvalue weighted by atomic mass is 32.2. The second kappa shape index (κ2) is 10.1. The first-order valence-corrected chi connectivity index (χ1v) is 12.4. The molecule has 0 aliphatic heterocycles. The van der Waals surface area contributed by atoms with Crippen molar-refractivity contribution in [3.63, 3.8) is 0 Å². The molecular weight excluding hydrogens is 466 g/mol. The molecule has 164 valence electrons. The van der Waals surface area contributed by atoms with E-state index in [1.54, 1.807) is 40.2 Å². The number of hydrogen-bond acceptors (Lipinski definition) is 8. The molecule has 0 aliphatic carbocycles. The van der Waals surface area contributed by atoms with E-state index in [0.717, 1.165) is 6.42 Å². The van der Waals surface area contributed by atoms with E-state index in [1.807, 2.05) is 29.0 Å². The lowest BCUT2D eigenvalue weighted by atomic mass is 10.2. The van der Waals surface area contributed by atoms with Crippen LogP contribution in [0.4, 0.5) is 5.69 Å². The van der Waals surface area contributed by atoms with Crippen LogP contribution in [0.15, 0.2) is 63.2 Å². The van der Waals surface area contributed by atoms with E-state index in [4.69, 9.17) is 0 Å². The number of thioether (sulfide) groups is 1. The van der Waals surface area contributed by atoms with Gasteiger partial charge in [0.05, 0.1) is 23.9 Å². The Hall–Kier alpha value is -2.95. The Balaban J connectivity index is 1.46. The number of aryl methyl sites for hydroxylation is 1. The third kappa shape index (κ3) is 5.09. The van der Waals surface area contributed by atoms with E-state index in [-0.39, 0.29) is 17.2 Å². The SMILES string of the molecule is COC(=O)c1ccc(NC(=O)CSc2nc3ccsc3c(=O)n2CCc2cccs2)cc1. The van der Waals surface area contributed by atoms with Crippen molar-refractivity contribution in [1.29, 1.82) is 0 Å². The van der Waals surface area contributed by atoms with Gasteiger partial charge in [0.25, 0.3) is 5.56 Å². The molecule has 4 rings (SSSR count). The fourth-order valence-electron chi connectivity index (χ4n) is 3.04. The Labute approximate surface area is 196 Å². The minimum absolute atomic E-state index is 0.0807. The van der Waals surface area contributed by atoms with Crippen LogP contribution in [0.1, 0.15) is 15.2 Å². The van der Waals surface area contributed by atoms with Gasteiger partial charge in [0, 0.05) is 17.1 Å². The molecule has 0 atom stereocenters. The molecule has 0 bridgehead atoms. The van der Waals surface area contributed by atoms with Gasteiger partial charge in [-0.2, -0.15) is 0 Å². The quantitative estimate of drug-likeness (QED) is 0.228. The summed E-state index contributed by atoms with van der Waals surface area (Å²) in [4.78, 5) is 42.8. The number of methoxy groups -OCH3 is 1. The number of fused-ring (bicyclic) bond motifs is 1. The second-order valence-corrected chi connectivity index (χ2v) is 9.61. The summed E-state index contributed by atoms with van der Waals surface area (Å²) in [5.41, 5.74) is 1.54. The molecule has 0 radical (unpaired) electrons. The topological polar surface area (TPSA) is 90.3 Å². The molecule has 0 saturated carbocycles. The van der Waals surface area contributed by atoms with E-state index in [2.05, 4.69) is 15.0 Å². The van der Waals surface area contributed by atoms with Crippen LogP contribution in [-0.4, -0.2) is 34.3 Å². The van der Waals surface area contributed by atoms with Crippen molar-refractivity contribution in [2.45, 2.75) is 18.1 Å². The first kappa shape index (κ1) is 22.3. The number of rotatable bonds is 8. The van der Waals surface area contributed by atoms with Crippen molar-refractivity contribution < 1.29 is 14.3 Å². The molecular formula is C22H19N3O4S3. The lowest BCUT2D eigenvalue weighted by Crippen LogP contribution is -2.24. The predicted molar refractivity (Wildman–Crippen MR) is 129 cm³/mol. The van der Waals surface area contributed by atoms with Crippen molar-refractivity contribution in [2.24, 2.45) is 0 Å². The number of esters is 1. The number of hydrogen-bond donors (Lipinski definition) is 1. The van der Waals surface area contributed by atoms with Crippen LogP contribution in [0, 0.1) is 0 Å². The highest BCUT2D eigenvalue weighted by Crippen LogP contribution is 2.22. The summed E-state index contributed by atoms with van der Waals surface area (Å²) in [6.45, 7) is 0.499. The molecule has 1 amide bonds. The Morgan fingerprint density at radius 3 is 2.66 bits per heavy atom. The average Bonchev–Trinajstić information content (AvgIpc) is 3.49. The highest BCUT2D eigenvalue weighted by Gasteiger charge is 2.15. The number of carbonyl (C=O) groups excluding carboxylic acids is 2. The number of thiophene rings is 2. The number of nitrogens with zero attached hydrogens (tertiary/aromatic N) is 2. The molecule has 0 spiro atoms. The van der Waals surface area contributed by atoms with Crippen LogP contribution in [0.3, 0.4) is 0 Å². The average molecular weight is 486 g/mol. The molecule has 4 aromatic rings. The van der Waals surface area contributed by atoms with Gasteiger partial charge in [0.15, 0.2) is 5.16 Å². The first-order valence-electron chi connectivity index (χ1n) is 9.66. The van der Waals surface area contributed by atoms with Crippen LogP contribution >= 0.6 is 34.4 Å². The van der Waals surface area contributed by atoms with Gasteiger partial charge < -0.3 is 10.1 Å². The molecule has 1 aromatic carbocycles. The lowest BCUT2D eigenvalue weighted by Gasteiger charge is -2.12. The fraction of sp³-hybridized carbons (Fsp3) is 0.182. The summed E-state index contributed by atoms with van der Waals surface area (Å²) in [6.07, 6.45) is 0.725. The van der Waals surface area contributed by atoms with Gasteiger partial charge in [-0.3, -0.25) is 14.2 Å². The van der Waals surface area contributed by atoms with Crippen molar-refractivity contribution >= 4 is 62.2 Å². The van der Waals surface area contributed by atoms with Crippen LogP contribution in [-0.2, 0) is 22.5 Å². The van der Waals surface area contributed by atoms with Crippen molar-refractivity contribution in [1.82, 2.24) is 9.55 Å². The zero-order chi connectivity index (χ0) is 22.5. The number of aromatic nitrogens is 2. The van der Waals surface area contributed by atoms with E-state index >= 15 is 0 Å². The zero-order valence-corrected chi connectivity index (χ0v) is 19.5. The zero-order valence-electron chi connectivity index (χ0n) is 17.1. The normalized spacial score (nSPS) is 10.9. The summed E-state index contributed by atoms with van der Waals surface area (Å²) in [6, 6.07) is 12.3. The maximum absolute atomic E-state index is 13.0. The number of benzene rings is 1. The van der Waals surface area contributed by atoms with Gasteiger partial charge in [0.1, 0.15) is 4.70 Å². The third-order valence-electron chi connectivity index (χ3n) is 4.61. The first-order chi connectivity index (χ1) is 15.5. The molecule has 0 unspecified atom stereocenters. The molecule has 32 heavy (non-hydrogen) atoms. The smallest absolute Gasteiger partial charge is 0.337 e. The van der Waals surface area contributed by atoms with Gasteiger partial charge in [-0.25, -0.2) is 9.78 Å². The Morgan fingerprint density at radius 2 is 1.94 bits per heavy atom. The molecule has 0 saturated heterocycles. The summed E-state index contributed by atoms with van der Waals surface area (Å²) < 4.78 is 6.95. The van der Waals surface area contributed by atoms with Crippen LogP contribution in [0.5, 0.6) is 0 Å². The summed E-state index contributed by atoms with van der Waals surface area (Å²) in [5.74, 6) is -0.570. The second-order valence-electron chi connectivity index (χ2n) is 6.72. The number of nitrogens with one attached hydrogen (secondary N) is 1. The Morgan fingerprint density at radius 1 is 1.12 bits per heavy atom. The molecule has 3 heterocycles. The fourth-order valence-corrected chi connectivity index (χ4v) is 5.34. The van der Waals surface area contributed by atoms with E-state index < -0.39 is 5.97 Å². The van der Waals surface area contributed by atoms with Gasteiger partial charge in [-0.05, 0) is 53.6 Å². The molecule has 10 heteroatoms. The van der Waals surface area contributed by atoms with Gasteiger partial charge in [-0.1, -0.05) is 17.8 Å². The van der Waals surface area contributed by atoms with Gasteiger partial charge in [-0.15, -0.1) is 22.7 Å².